The Morgan fingerprint density at radius 2 is 1.54 bits per heavy atom. The molecule has 1 fully saturated rings. The Kier molecular flexibility index (Phi) is 10.2. The third kappa shape index (κ3) is 7.19. The van der Waals surface area contributed by atoms with E-state index < -0.39 is 21.0 Å². The van der Waals surface area contributed by atoms with E-state index in [0.717, 1.165) is 48.3 Å². The summed E-state index contributed by atoms with van der Waals surface area (Å²) in [4.78, 5) is 21.2. The Hall–Kier alpha value is -4.52. The van der Waals surface area contributed by atoms with Crippen LogP contribution in [0.25, 0.3) is 0 Å². The number of nitrogen functional groups attached to an aromatic ring is 1. The normalized spacial score (nSPS) is 17.3. The first-order valence-electron chi connectivity index (χ1n) is 16.9. The third-order valence-electron chi connectivity index (χ3n) is 10.6. The number of pyridine rings is 1. The smallest absolute Gasteiger partial charge is 0.334 e. The van der Waals surface area contributed by atoms with Crippen molar-refractivity contribution >= 4 is 34.4 Å². The summed E-state index contributed by atoms with van der Waals surface area (Å²) in [5, 5.41) is 18.5. The molecule has 50 heavy (non-hydrogen) atoms. The molecule has 4 aromatic rings. The molecule has 2 heterocycles. The number of nitro groups is 1. The summed E-state index contributed by atoms with van der Waals surface area (Å²) in [6.07, 6.45) is 3.45. The van der Waals surface area contributed by atoms with Gasteiger partial charge in [-0.05, 0) is 91.0 Å². The van der Waals surface area contributed by atoms with Gasteiger partial charge in [0, 0.05) is 50.0 Å². The summed E-state index contributed by atoms with van der Waals surface area (Å²) >= 11 is -1.46. The van der Waals surface area contributed by atoms with E-state index in [9.17, 15) is 14.7 Å². The van der Waals surface area contributed by atoms with Gasteiger partial charge in [0.2, 0.25) is 5.82 Å². The molecule has 0 radical (unpaired) electrons. The van der Waals surface area contributed by atoms with Crippen LogP contribution in [0.2, 0.25) is 0 Å². The van der Waals surface area contributed by atoms with E-state index in [4.69, 9.17) is 25.3 Å². The van der Waals surface area contributed by atoms with Gasteiger partial charge in [0.15, 0.2) is 0 Å². The number of piperidine rings is 1. The summed E-state index contributed by atoms with van der Waals surface area (Å²) in [6, 6.07) is 25.5. The van der Waals surface area contributed by atoms with Gasteiger partial charge < -0.3 is 29.6 Å². The van der Waals surface area contributed by atoms with Gasteiger partial charge >= 0.3 is 5.69 Å². The standard InChI is InChI=1S/C38H46N6O5S/c1-37(2,50(40)47)23-32-31-8-6-5-7-28(31)22-38(32)17-19-42(20-18-38)34-21-33(39)35(44(45)46)36(41-34)43(24-26-9-13-29(48-3)14-10-26)25-27-11-15-30(49-4)16-12-27/h5-16,21,32H,17-20,22-25,40H2,1-4H3,(H2,39,41)/t32-,50?/m1/s1. The molecule has 1 aliphatic heterocycles. The number of ether oxygens (including phenoxy) is 2. The maximum atomic E-state index is 12.6. The van der Waals surface area contributed by atoms with Gasteiger partial charge in [0.1, 0.15) is 27.8 Å². The van der Waals surface area contributed by atoms with Crippen molar-refractivity contribution in [2.24, 2.45) is 10.6 Å². The monoisotopic (exact) mass is 698 g/mol. The zero-order valence-electron chi connectivity index (χ0n) is 29.1. The Bertz CT molecular complexity index is 1760. The molecular weight excluding hydrogens is 653 g/mol. The maximum Gasteiger partial charge on any atom is 0.334 e. The van der Waals surface area contributed by atoms with Crippen LogP contribution in [-0.4, -0.2) is 46.5 Å². The molecule has 0 bridgehead atoms. The van der Waals surface area contributed by atoms with Crippen LogP contribution >= 0.6 is 0 Å². The van der Waals surface area contributed by atoms with E-state index in [0.29, 0.717) is 32.0 Å². The molecule has 1 unspecified atom stereocenters. The highest BCUT2D eigenvalue weighted by Crippen LogP contribution is 2.57. The summed E-state index contributed by atoms with van der Waals surface area (Å²) in [5.74, 6) is 2.50. The number of nitrogens with zero attached hydrogens (tertiary/aromatic N) is 4. The van der Waals surface area contributed by atoms with Gasteiger partial charge in [-0.2, -0.15) is 5.14 Å². The van der Waals surface area contributed by atoms with Crippen molar-refractivity contribution in [1.82, 2.24) is 4.98 Å². The fraction of sp³-hybridized carbons (Fsp3) is 0.395. The minimum atomic E-state index is -1.46. The second-order valence-corrected chi connectivity index (χ2v) is 15.8. The van der Waals surface area contributed by atoms with E-state index >= 15 is 0 Å². The van der Waals surface area contributed by atoms with E-state index in [-0.39, 0.29) is 28.5 Å². The first kappa shape index (κ1) is 35.3. The number of methoxy groups -OCH3 is 2. The lowest BCUT2D eigenvalue weighted by molar-refractivity contribution is -0.383. The zero-order chi connectivity index (χ0) is 35.6. The molecule has 2 atom stereocenters. The minimum Gasteiger partial charge on any atom is -0.598 e. The molecule has 6 rings (SSSR count). The Morgan fingerprint density at radius 3 is 2.06 bits per heavy atom. The number of benzene rings is 3. The van der Waals surface area contributed by atoms with Crippen molar-refractivity contribution in [2.45, 2.75) is 63.3 Å². The minimum absolute atomic E-state index is 0.0131. The van der Waals surface area contributed by atoms with Gasteiger partial charge in [0.25, 0.3) is 0 Å². The van der Waals surface area contributed by atoms with Crippen LogP contribution in [0.3, 0.4) is 0 Å². The summed E-state index contributed by atoms with van der Waals surface area (Å²) in [6.45, 7) is 6.10. The number of hydrogen-bond donors (Lipinski definition) is 2. The van der Waals surface area contributed by atoms with Crippen molar-refractivity contribution < 1.29 is 18.9 Å². The molecule has 3 aromatic carbocycles. The molecule has 1 saturated heterocycles. The van der Waals surface area contributed by atoms with Crippen LogP contribution in [0, 0.1) is 15.5 Å². The first-order valence-corrected chi connectivity index (χ1v) is 18.1. The van der Waals surface area contributed by atoms with Gasteiger partial charge in [-0.25, -0.2) is 4.98 Å². The van der Waals surface area contributed by atoms with Crippen molar-refractivity contribution in [1.29, 1.82) is 0 Å². The Balaban J connectivity index is 1.33. The Morgan fingerprint density at radius 1 is 0.980 bits per heavy atom. The van der Waals surface area contributed by atoms with Crippen LogP contribution in [-0.2, 0) is 30.9 Å². The van der Waals surface area contributed by atoms with E-state index in [1.54, 1.807) is 20.3 Å². The van der Waals surface area contributed by atoms with Crippen molar-refractivity contribution in [3.05, 3.63) is 111 Å². The molecular formula is C38H46N6O5S. The topological polar surface area (TPSA) is 156 Å². The molecule has 4 N–H and O–H groups in total. The van der Waals surface area contributed by atoms with Crippen molar-refractivity contribution in [3.8, 4) is 11.5 Å². The molecule has 1 spiro atoms. The quantitative estimate of drug-likeness (QED) is 0.0950. The lowest BCUT2D eigenvalue weighted by atomic mass is 9.66. The average Bonchev–Trinajstić information content (AvgIpc) is 3.39. The molecule has 2 aliphatic rings. The number of rotatable bonds is 12. The predicted molar refractivity (Wildman–Crippen MR) is 199 cm³/mol. The second-order valence-electron chi connectivity index (χ2n) is 14.1. The van der Waals surface area contributed by atoms with E-state index in [1.807, 2.05) is 67.3 Å². The fourth-order valence-electron chi connectivity index (χ4n) is 7.68. The van der Waals surface area contributed by atoms with Crippen LogP contribution in [0.15, 0.2) is 78.9 Å². The molecule has 11 nitrogen and oxygen atoms in total. The van der Waals surface area contributed by atoms with Crippen LogP contribution in [0.5, 0.6) is 11.5 Å². The fourth-order valence-corrected chi connectivity index (χ4v) is 8.01. The predicted octanol–water partition coefficient (Wildman–Crippen LogP) is 6.51. The summed E-state index contributed by atoms with van der Waals surface area (Å²) in [7, 11) is 3.23. The van der Waals surface area contributed by atoms with Crippen LogP contribution < -0.4 is 30.1 Å². The van der Waals surface area contributed by atoms with E-state index in [2.05, 4.69) is 29.2 Å². The van der Waals surface area contributed by atoms with Crippen LogP contribution in [0.1, 0.15) is 61.3 Å². The molecule has 264 valence electrons. The largest absolute Gasteiger partial charge is 0.598 e. The van der Waals surface area contributed by atoms with E-state index in [1.165, 1.54) is 11.1 Å². The number of aromatic nitrogens is 1. The van der Waals surface area contributed by atoms with Crippen molar-refractivity contribution in [3.63, 3.8) is 0 Å². The highest BCUT2D eigenvalue weighted by molar-refractivity contribution is 7.90. The highest BCUT2D eigenvalue weighted by Gasteiger charge is 2.51. The van der Waals surface area contributed by atoms with Crippen LogP contribution in [0.4, 0.5) is 23.0 Å². The van der Waals surface area contributed by atoms with Crippen molar-refractivity contribution in [2.75, 3.05) is 42.8 Å². The highest BCUT2D eigenvalue weighted by atomic mass is 32.2. The molecule has 1 aromatic heterocycles. The molecule has 1 aliphatic carbocycles. The SMILES string of the molecule is COc1ccc(CN(Cc2ccc(OC)cc2)c2nc(N3CCC4(CC3)Cc3ccccc3[C@H]4CC(C)(C)[S+](N)[O-])cc(N)c2[N+](=O)[O-])cc1. The molecule has 12 heteroatoms. The number of hydrogen-bond acceptors (Lipinski definition) is 10. The lowest BCUT2D eigenvalue weighted by Gasteiger charge is -2.45. The average molecular weight is 699 g/mol. The molecule has 0 amide bonds. The lowest BCUT2D eigenvalue weighted by Crippen LogP contribution is -2.46. The number of anilines is 3. The first-order chi connectivity index (χ1) is 23.9. The number of nitrogens with two attached hydrogens (primary N) is 2. The summed E-state index contributed by atoms with van der Waals surface area (Å²) < 4.78 is 22.7. The summed E-state index contributed by atoms with van der Waals surface area (Å²) in [5.41, 5.74) is 10.9. The zero-order valence-corrected chi connectivity index (χ0v) is 29.9. The van der Waals surface area contributed by atoms with Gasteiger partial charge in [-0.15, -0.1) is 0 Å². The number of fused-ring (bicyclic) bond motifs is 1. The van der Waals surface area contributed by atoms with Gasteiger partial charge in [-0.3, -0.25) is 10.1 Å². The Labute approximate surface area is 297 Å². The molecule has 0 saturated carbocycles. The van der Waals surface area contributed by atoms with Gasteiger partial charge in [-0.1, -0.05) is 48.5 Å². The third-order valence-corrected chi connectivity index (χ3v) is 11.8. The van der Waals surface area contributed by atoms with Gasteiger partial charge in [0.05, 0.1) is 19.1 Å². The second kappa shape index (κ2) is 14.4. The maximum absolute atomic E-state index is 12.6.